The molecule has 3 heteroatoms. The molecule has 0 aliphatic carbocycles. The smallest absolute Gasteiger partial charge is 0.0498 e. The number of nitrogens with one attached hydrogen (secondary N) is 1. The molecule has 0 saturated carbocycles. The molecule has 0 aliphatic rings. The molecule has 2 aromatic rings. The van der Waals surface area contributed by atoms with E-state index in [1.807, 2.05) is 19.2 Å². The van der Waals surface area contributed by atoms with Gasteiger partial charge in [-0.05, 0) is 30.7 Å². The second-order valence-electron chi connectivity index (χ2n) is 4.77. The van der Waals surface area contributed by atoms with Gasteiger partial charge in [0.15, 0.2) is 0 Å². The molecule has 1 N–H and O–H groups in total. The number of hydrogen-bond acceptors (Lipinski definition) is 1. The normalized spacial score (nSPS) is 11.6. The Morgan fingerprint density at radius 1 is 1.35 bits per heavy atom. The zero-order valence-corrected chi connectivity index (χ0v) is 11.6. The lowest BCUT2D eigenvalue weighted by atomic mass is 9.99. The van der Waals surface area contributed by atoms with Gasteiger partial charge in [0.2, 0.25) is 0 Å². The van der Waals surface area contributed by atoms with E-state index in [1.54, 1.807) is 0 Å². The van der Waals surface area contributed by atoms with Gasteiger partial charge >= 0.3 is 0 Å². The predicted molar refractivity (Wildman–Crippen MR) is 74.8 cm³/mol. The van der Waals surface area contributed by atoms with Gasteiger partial charge in [0.1, 0.15) is 0 Å². The minimum absolute atomic E-state index is 0.517. The lowest BCUT2D eigenvalue weighted by Crippen LogP contribution is -2.11. The van der Waals surface area contributed by atoms with Gasteiger partial charge in [-0.1, -0.05) is 31.5 Å². The van der Waals surface area contributed by atoms with Crippen LogP contribution in [-0.4, -0.2) is 11.6 Å². The molecule has 1 heterocycles. The Labute approximate surface area is 108 Å². The summed E-state index contributed by atoms with van der Waals surface area (Å²) < 4.78 is 2.24. The van der Waals surface area contributed by atoms with Crippen LogP contribution in [0.3, 0.4) is 0 Å². The summed E-state index contributed by atoms with van der Waals surface area (Å²) >= 11 is 6.08. The van der Waals surface area contributed by atoms with Gasteiger partial charge in [0.25, 0.3) is 0 Å². The van der Waals surface area contributed by atoms with Gasteiger partial charge in [-0.3, -0.25) is 0 Å². The van der Waals surface area contributed by atoms with Crippen molar-refractivity contribution in [1.29, 1.82) is 0 Å². The first-order chi connectivity index (χ1) is 8.06. The molecule has 0 unspecified atom stereocenters. The van der Waals surface area contributed by atoms with E-state index in [4.69, 9.17) is 11.6 Å². The van der Waals surface area contributed by atoms with Gasteiger partial charge in [-0.25, -0.2) is 0 Å². The maximum atomic E-state index is 6.08. The van der Waals surface area contributed by atoms with Crippen molar-refractivity contribution in [2.75, 3.05) is 7.05 Å². The Morgan fingerprint density at radius 3 is 2.65 bits per heavy atom. The molecule has 0 saturated heterocycles. The Balaban J connectivity index is 2.78. The zero-order chi connectivity index (χ0) is 12.6. The number of benzene rings is 1. The standard InChI is InChI=1S/C14H19ClN2/c1-9(2)14-11-6-5-10(15)7-12(11)17(4)13(14)8-16-3/h5-7,9,16H,8H2,1-4H3. The van der Waals surface area contributed by atoms with Crippen molar-refractivity contribution in [2.24, 2.45) is 7.05 Å². The Kier molecular flexibility index (Phi) is 3.45. The van der Waals surface area contributed by atoms with Crippen molar-refractivity contribution < 1.29 is 0 Å². The summed E-state index contributed by atoms with van der Waals surface area (Å²) in [5.41, 5.74) is 3.99. The number of aryl methyl sites for hydroxylation is 1. The highest BCUT2D eigenvalue weighted by Gasteiger charge is 2.16. The topological polar surface area (TPSA) is 17.0 Å². The van der Waals surface area contributed by atoms with Crippen molar-refractivity contribution in [2.45, 2.75) is 26.3 Å². The Hall–Kier alpha value is -0.990. The average Bonchev–Trinajstić information content (AvgIpc) is 2.54. The van der Waals surface area contributed by atoms with E-state index >= 15 is 0 Å². The second kappa shape index (κ2) is 4.71. The molecule has 0 fully saturated rings. The number of halogens is 1. The fourth-order valence-corrected chi connectivity index (χ4v) is 2.68. The molecule has 92 valence electrons. The molecule has 17 heavy (non-hydrogen) atoms. The summed E-state index contributed by atoms with van der Waals surface area (Å²) in [6, 6.07) is 6.15. The van der Waals surface area contributed by atoms with Gasteiger partial charge in [-0.15, -0.1) is 0 Å². The van der Waals surface area contributed by atoms with Crippen molar-refractivity contribution in [1.82, 2.24) is 9.88 Å². The van der Waals surface area contributed by atoms with Crippen LogP contribution in [0.4, 0.5) is 0 Å². The fraction of sp³-hybridized carbons (Fsp3) is 0.429. The molecule has 0 atom stereocenters. The summed E-state index contributed by atoms with van der Waals surface area (Å²) in [4.78, 5) is 0. The Morgan fingerprint density at radius 2 is 2.06 bits per heavy atom. The van der Waals surface area contributed by atoms with E-state index in [9.17, 15) is 0 Å². The first-order valence-corrected chi connectivity index (χ1v) is 6.35. The van der Waals surface area contributed by atoms with Crippen LogP contribution in [0.5, 0.6) is 0 Å². The van der Waals surface area contributed by atoms with Crippen LogP contribution >= 0.6 is 11.6 Å². The van der Waals surface area contributed by atoms with Crippen molar-refractivity contribution in [3.63, 3.8) is 0 Å². The van der Waals surface area contributed by atoms with Crippen LogP contribution in [-0.2, 0) is 13.6 Å². The molecule has 0 amide bonds. The van der Waals surface area contributed by atoms with E-state index in [0.717, 1.165) is 11.6 Å². The lowest BCUT2D eigenvalue weighted by molar-refractivity contribution is 0.717. The van der Waals surface area contributed by atoms with E-state index < -0.39 is 0 Å². The zero-order valence-electron chi connectivity index (χ0n) is 10.8. The van der Waals surface area contributed by atoms with Crippen molar-refractivity contribution in [3.8, 4) is 0 Å². The van der Waals surface area contributed by atoms with Crippen LogP contribution in [0.25, 0.3) is 10.9 Å². The fourth-order valence-electron chi connectivity index (χ4n) is 2.52. The highest BCUT2D eigenvalue weighted by molar-refractivity contribution is 6.31. The summed E-state index contributed by atoms with van der Waals surface area (Å²) in [7, 11) is 4.09. The van der Waals surface area contributed by atoms with Crippen molar-refractivity contribution in [3.05, 3.63) is 34.5 Å². The van der Waals surface area contributed by atoms with Crippen LogP contribution in [0, 0.1) is 0 Å². The van der Waals surface area contributed by atoms with E-state index in [1.165, 1.54) is 22.2 Å². The number of fused-ring (bicyclic) bond motifs is 1. The summed E-state index contributed by atoms with van der Waals surface area (Å²) in [6.45, 7) is 5.36. The predicted octanol–water partition coefficient (Wildman–Crippen LogP) is 3.67. The van der Waals surface area contributed by atoms with Gasteiger partial charge < -0.3 is 9.88 Å². The third-order valence-electron chi connectivity index (χ3n) is 3.25. The highest BCUT2D eigenvalue weighted by atomic mass is 35.5. The first-order valence-electron chi connectivity index (χ1n) is 5.97. The average molecular weight is 251 g/mol. The van der Waals surface area contributed by atoms with Gasteiger partial charge in [0, 0.05) is 35.2 Å². The second-order valence-corrected chi connectivity index (χ2v) is 5.20. The SMILES string of the molecule is CNCc1c(C(C)C)c2ccc(Cl)cc2n1C. The van der Waals surface area contributed by atoms with Crippen LogP contribution in [0.2, 0.25) is 5.02 Å². The maximum absolute atomic E-state index is 6.08. The molecule has 1 aromatic carbocycles. The first kappa shape index (κ1) is 12.5. The molecular weight excluding hydrogens is 232 g/mol. The lowest BCUT2D eigenvalue weighted by Gasteiger charge is -2.09. The summed E-state index contributed by atoms with van der Waals surface area (Å²) in [5, 5.41) is 5.35. The minimum Gasteiger partial charge on any atom is -0.346 e. The van der Waals surface area contributed by atoms with Crippen molar-refractivity contribution >= 4 is 22.5 Å². The van der Waals surface area contributed by atoms with Gasteiger partial charge in [-0.2, -0.15) is 0 Å². The molecule has 0 bridgehead atoms. The number of rotatable bonds is 3. The van der Waals surface area contributed by atoms with E-state index in [2.05, 4.69) is 36.8 Å². The number of nitrogens with zero attached hydrogens (tertiary/aromatic N) is 1. The molecular formula is C14H19ClN2. The largest absolute Gasteiger partial charge is 0.346 e. The third kappa shape index (κ3) is 2.07. The molecule has 2 nitrogen and oxygen atoms in total. The molecule has 0 spiro atoms. The monoisotopic (exact) mass is 250 g/mol. The van der Waals surface area contributed by atoms with E-state index in [-0.39, 0.29) is 0 Å². The summed E-state index contributed by atoms with van der Waals surface area (Å²) in [6.07, 6.45) is 0. The number of aromatic nitrogens is 1. The molecule has 0 radical (unpaired) electrons. The highest BCUT2D eigenvalue weighted by Crippen LogP contribution is 2.32. The minimum atomic E-state index is 0.517. The molecule has 0 aliphatic heterocycles. The van der Waals surface area contributed by atoms with E-state index in [0.29, 0.717) is 5.92 Å². The van der Waals surface area contributed by atoms with Crippen LogP contribution in [0.15, 0.2) is 18.2 Å². The summed E-state index contributed by atoms with van der Waals surface area (Å²) in [5.74, 6) is 0.517. The van der Waals surface area contributed by atoms with Crippen LogP contribution < -0.4 is 5.32 Å². The maximum Gasteiger partial charge on any atom is 0.0498 e. The van der Waals surface area contributed by atoms with Crippen LogP contribution in [0.1, 0.15) is 31.0 Å². The third-order valence-corrected chi connectivity index (χ3v) is 3.48. The molecule has 1 aromatic heterocycles. The Bertz CT molecular complexity index is 541. The molecule has 2 rings (SSSR count). The quantitative estimate of drug-likeness (QED) is 0.880. The number of hydrogen-bond donors (Lipinski definition) is 1. The van der Waals surface area contributed by atoms with Gasteiger partial charge in [0.05, 0.1) is 0 Å².